The fourth-order valence-electron chi connectivity index (χ4n) is 4.68. The fourth-order valence-corrected chi connectivity index (χ4v) is 5.10. The van der Waals surface area contributed by atoms with Crippen molar-refractivity contribution in [3.63, 3.8) is 0 Å². The molecule has 0 radical (unpaired) electrons. The molecule has 0 unspecified atom stereocenters. The number of nitrogens with one attached hydrogen (secondary N) is 2. The molecule has 5 rings (SSSR count). The van der Waals surface area contributed by atoms with E-state index in [1.807, 2.05) is 52.0 Å². The monoisotopic (exact) mass is 574 g/mol. The van der Waals surface area contributed by atoms with Crippen molar-refractivity contribution in [3.05, 3.63) is 104 Å². The molecule has 8 nitrogen and oxygen atoms in total. The summed E-state index contributed by atoms with van der Waals surface area (Å²) in [6.45, 7) is 7.61. The van der Waals surface area contributed by atoms with Crippen LogP contribution in [0.15, 0.2) is 82.1 Å². The van der Waals surface area contributed by atoms with E-state index in [-0.39, 0.29) is 32.8 Å². The van der Waals surface area contributed by atoms with Gasteiger partial charge in [-0.2, -0.15) is 0 Å². The Bertz CT molecular complexity index is 1580. The molecule has 0 saturated carbocycles. The number of hydrogen-bond acceptors (Lipinski definition) is 6. The Labute approximate surface area is 240 Å². The number of para-hydroxylation sites is 2. The fraction of sp³-hybridized carbons (Fsp3) is 0.133. The number of benzene rings is 3. The van der Waals surface area contributed by atoms with Crippen LogP contribution in [-0.4, -0.2) is 23.6 Å². The number of imide groups is 2. The van der Waals surface area contributed by atoms with E-state index in [0.717, 1.165) is 32.1 Å². The second kappa shape index (κ2) is 10.3. The SMILES string of the molecule is Cc1ccc(NC2=C(Cl)C(=O)N(c3ccccc3N3C(=O)C(Cl)=C(Nc4ccc(C)cc4C)C3=O)C2=O)c(C)c1. The number of nitrogens with zero attached hydrogens (tertiary/aromatic N) is 2. The Balaban J connectivity index is 1.47. The maximum Gasteiger partial charge on any atom is 0.283 e. The van der Waals surface area contributed by atoms with Crippen molar-refractivity contribution in [3.8, 4) is 0 Å². The molecule has 0 bridgehead atoms. The van der Waals surface area contributed by atoms with Crippen molar-refractivity contribution in [1.29, 1.82) is 0 Å². The van der Waals surface area contributed by atoms with Gasteiger partial charge < -0.3 is 10.6 Å². The molecular formula is C30H24Cl2N4O4. The number of rotatable bonds is 6. The van der Waals surface area contributed by atoms with Crippen LogP contribution in [0.1, 0.15) is 22.3 Å². The number of halogens is 2. The third-order valence-corrected chi connectivity index (χ3v) is 7.40. The van der Waals surface area contributed by atoms with E-state index in [1.165, 1.54) is 12.1 Å². The van der Waals surface area contributed by atoms with Gasteiger partial charge in [0.05, 0.1) is 11.4 Å². The lowest BCUT2D eigenvalue weighted by atomic mass is 10.1. The van der Waals surface area contributed by atoms with Crippen LogP contribution in [0, 0.1) is 27.7 Å². The summed E-state index contributed by atoms with van der Waals surface area (Å²) in [5.74, 6) is -3.04. The van der Waals surface area contributed by atoms with Crippen LogP contribution in [0.4, 0.5) is 22.7 Å². The summed E-state index contributed by atoms with van der Waals surface area (Å²) in [7, 11) is 0. The first-order chi connectivity index (χ1) is 19.0. The number of carbonyl (C=O) groups is 4. The number of aryl methyl sites for hydroxylation is 4. The lowest BCUT2D eigenvalue weighted by Gasteiger charge is -2.23. The molecule has 202 valence electrons. The molecule has 4 amide bonds. The van der Waals surface area contributed by atoms with Crippen molar-refractivity contribution in [1.82, 2.24) is 0 Å². The van der Waals surface area contributed by atoms with Crippen LogP contribution in [-0.2, 0) is 19.2 Å². The van der Waals surface area contributed by atoms with E-state index in [2.05, 4.69) is 10.6 Å². The van der Waals surface area contributed by atoms with Crippen LogP contribution in [0.5, 0.6) is 0 Å². The quantitative estimate of drug-likeness (QED) is 0.361. The summed E-state index contributed by atoms with van der Waals surface area (Å²) >= 11 is 12.7. The molecule has 40 heavy (non-hydrogen) atoms. The minimum absolute atomic E-state index is 0.00649. The molecule has 0 spiro atoms. The minimum Gasteiger partial charge on any atom is -0.349 e. The van der Waals surface area contributed by atoms with Crippen LogP contribution in [0.2, 0.25) is 0 Å². The third kappa shape index (κ3) is 4.55. The minimum atomic E-state index is -0.793. The van der Waals surface area contributed by atoms with Gasteiger partial charge in [0.15, 0.2) is 0 Å². The van der Waals surface area contributed by atoms with Gasteiger partial charge in [0.2, 0.25) is 0 Å². The number of anilines is 4. The van der Waals surface area contributed by atoms with E-state index in [4.69, 9.17) is 23.2 Å². The molecule has 0 aliphatic carbocycles. The zero-order valence-electron chi connectivity index (χ0n) is 22.1. The van der Waals surface area contributed by atoms with Crippen molar-refractivity contribution in [2.75, 3.05) is 20.4 Å². The summed E-state index contributed by atoms with van der Waals surface area (Å²) in [5.41, 5.74) is 4.79. The first kappa shape index (κ1) is 27.2. The predicted molar refractivity (Wildman–Crippen MR) is 156 cm³/mol. The molecule has 0 aromatic heterocycles. The third-order valence-electron chi connectivity index (χ3n) is 6.70. The van der Waals surface area contributed by atoms with E-state index < -0.39 is 23.6 Å². The average molecular weight is 575 g/mol. The normalized spacial score (nSPS) is 15.7. The zero-order chi connectivity index (χ0) is 28.9. The maximum atomic E-state index is 13.5. The topological polar surface area (TPSA) is 98.8 Å². The van der Waals surface area contributed by atoms with Gasteiger partial charge in [-0.05, 0) is 63.1 Å². The number of carbonyl (C=O) groups excluding carboxylic acids is 4. The lowest BCUT2D eigenvalue weighted by Crippen LogP contribution is -2.37. The van der Waals surface area contributed by atoms with Crippen molar-refractivity contribution in [2.24, 2.45) is 0 Å². The Hall–Kier alpha value is -4.40. The summed E-state index contributed by atoms with van der Waals surface area (Å²) in [6.07, 6.45) is 0. The molecular weight excluding hydrogens is 551 g/mol. The number of amides is 4. The molecule has 2 aliphatic rings. The molecule has 2 N–H and O–H groups in total. The standard InChI is InChI=1S/C30H24Cl2N4O4/c1-15-9-11-19(17(3)13-15)33-25-23(31)27(37)35(29(25)39)21-7-5-6-8-22(21)36-28(38)24(32)26(30(36)40)34-20-12-10-16(2)14-18(20)4/h5-14,33-34H,1-4H3. The van der Waals surface area contributed by atoms with Gasteiger partial charge in [0.25, 0.3) is 23.6 Å². The van der Waals surface area contributed by atoms with Crippen LogP contribution >= 0.6 is 23.2 Å². The Morgan fingerprint density at radius 1 is 0.550 bits per heavy atom. The van der Waals surface area contributed by atoms with Gasteiger partial charge in [-0.25, -0.2) is 9.80 Å². The number of hydrogen-bond donors (Lipinski definition) is 2. The van der Waals surface area contributed by atoms with E-state index in [0.29, 0.717) is 11.4 Å². The lowest BCUT2D eigenvalue weighted by molar-refractivity contribution is -0.122. The van der Waals surface area contributed by atoms with Gasteiger partial charge in [-0.3, -0.25) is 19.2 Å². The van der Waals surface area contributed by atoms with E-state index >= 15 is 0 Å². The average Bonchev–Trinajstić information content (AvgIpc) is 3.25. The summed E-state index contributed by atoms with van der Waals surface area (Å²) in [4.78, 5) is 55.3. The molecule has 2 aliphatic heterocycles. The van der Waals surface area contributed by atoms with Gasteiger partial charge in [-0.15, -0.1) is 0 Å². The largest absolute Gasteiger partial charge is 0.349 e. The highest BCUT2D eigenvalue weighted by atomic mass is 35.5. The van der Waals surface area contributed by atoms with Crippen molar-refractivity contribution < 1.29 is 19.2 Å². The zero-order valence-corrected chi connectivity index (χ0v) is 23.6. The predicted octanol–water partition coefficient (Wildman–Crippen LogP) is 5.79. The van der Waals surface area contributed by atoms with Gasteiger partial charge in [-0.1, -0.05) is 70.7 Å². The summed E-state index contributed by atoms with van der Waals surface area (Å²) < 4.78 is 0. The molecule has 3 aromatic rings. The maximum absolute atomic E-state index is 13.5. The highest BCUT2D eigenvalue weighted by Gasteiger charge is 2.44. The molecule has 0 saturated heterocycles. The molecule has 3 aromatic carbocycles. The molecule has 10 heteroatoms. The van der Waals surface area contributed by atoms with Gasteiger partial charge in [0.1, 0.15) is 21.5 Å². The first-order valence-electron chi connectivity index (χ1n) is 12.3. The Morgan fingerprint density at radius 2 is 0.925 bits per heavy atom. The van der Waals surface area contributed by atoms with Crippen molar-refractivity contribution in [2.45, 2.75) is 27.7 Å². The van der Waals surface area contributed by atoms with Crippen molar-refractivity contribution >= 4 is 69.6 Å². The smallest absolute Gasteiger partial charge is 0.283 e. The van der Waals surface area contributed by atoms with E-state index in [9.17, 15) is 19.2 Å². The van der Waals surface area contributed by atoms with Crippen LogP contribution in [0.25, 0.3) is 0 Å². The highest BCUT2D eigenvalue weighted by Crippen LogP contribution is 2.40. The first-order valence-corrected chi connectivity index (χ1v) is 13.1. The second-order valence-corrected chi connectivity index (χ2v) is 10.4. The van der Waals surface area contributed by atoms with Gasteiger partial charge in [0, 0.05) is 11.4 Å². The van der Waals surface area contributed by atoms with Crippen LogP contribution in [0.3, 0.4) is 0 Å². The van der Waals surface area contributed by atoms with Crippen LogP contribution < -0.4 is 20.4 Å². The molecule has 2 heterocycles. The molecule has 0 fully saturated rings. The van der Waals surface area contributed by atoms with E-state index in [1.54, 1.807) is 24.3 Å². The summed E-state index contributed by atoms with van der Waals surface area (Å²) in [6, 6.07) is 17.2. The highest BCUT2D eigenvalue weighted by molar-refractivity contribution is 6.55. The van der Waals surface area contributed by atoms with Gasteiger partial charge >= 0.3 is 0 Å². The second-order valence-electron chi connectivity index (χ2n) is 9.64. The summed E-state index contributed by atoms with van der Waals surface area (Å²) in [5, 5.41) is 5.32. The Morgan fingerprint density at radius 3 is 1.27 bits per heavy atom. The molecule has 0 atom stereocenters. The Kier molecular flexibility index (Phi) is 6.99.